The maximum absolute atomic E-state index is 13.8. The van der Waals surface area contributed by atoms with Gasteiger partial charge in [-0.15, -0.1) is 0 Å². The molecule has 176 valence electrons. The lowest BCUT2D eigenvalue weighted by molar-refractivity contribution is -0.178. The number of anilines is 1. The second-order valence-electron chi connectivity index (χ2n) is 9.39. The van der Waals surface area contributed by atoms with E-state index in [4.69, 9.17) is 5.73 Å². The fourth-order valence-corrected chi connectivity index (χ4v) is 5.19. The van der Waals surface area contributed by atoms with Gasteiger partial charge < -0.3 is 16.0 Å². The summed E-state index contributed by atoms with van der Waals surface area (Å²) in [7, 11) is 0. The summed E-state index contributed by atoms with van der Waals surface area (Å²) in [6.45, 7) is 0.0262. The molecule has 6 nitrogen and oxygen atoms in total. The molecule has 1 aromatic carbocycles. The molecule has 4 rings (SSSR count). The first kappa shape index (κ1) is 23.3. The maximum Gasteiger partial charge on any atom is 0.393 e. The Hall–Kier alpha value is -2.86. The SMILES string of the molecule is N#Cc1ccc(N2C[C@@H](NC(=O)CC3(N)CCCCC3)C[C@@H](C(F)(F)F)C2)c2cccnc12. The van der Waals surface area contributed by atoms with Crippen molar-refractivity contribution in [3.8, 4) is 6.07 Å². The largest absolute Gasteiger partial charge is 0.393 e. The minimum atomic E-state index is -4.39. The number of rotatable bonds is 4. The molecule has 2 aliphatic rings. The molecule has 1 aliphatic heterocycles. The van der Waals surface area contributed by atoms with Crippen LogP contribution in [0.2, 0.25) is 0 Å². The van der Waals surface area contributed by atoms with E-state index in [1.165, 1.54) is 0 Å². The van der Waals surface area contributed by atoms with Crippen molar-refractivity contribution >= 4 is 22.5 Å². The first-order valence-electron chi connectivity index (χ1n) is 11.4. The molecule has 1 aliphatic carbocycles. The number of aromatic nitrogens is 1. The zero-order valence-corrected chi connectivity index (χ0v) is 18.4. The average Bonchev–Trinajstić information content (AvgIpc) is 2.77. The molecule has 3 N–H and O–H groups in total. The van der Waals surface area contributed by atoms with Gasteiger partial charge in [0.05, 0.1) is 17.0 Å². The van der Waals surface area contributed by atoms with Crippen LogP contribution in [0.1, 0.15) is 50.5 Å². The van der Waals surface area contributed by atoms with Gasteiger partial charge in [0.25, 0.3) is 0 Å². The number of amides is 1. The lowest BCUT2D eigenvalue weighted by atomic mass is 9.80. The van der Waals surface area contributed by atoms with Crippen LogP contribution in [0.5, 0.6) is 0 Å². The number of hydrogen-bond donors (Lipinski definition) is 2. The molecular formula is C24H28F3N5O. The number of carbonyl (C=O) groups is 1. The predicted octanol–water partition coefficient (Wildman–Crippen LogP) is 4.03. The molecule has 9 heteroatoms. The number of nitrogens with one attached hydrogen (secondary N) is 1. The molecule has 2 heterocycles. The highest BCUT2D eigenvalue weighted by Crippen LogP contribution is 2.37. The Kier molecular flexibility index (Phi) is 6.48. The summed E-state index contributed by atoms with van der Waals surface area (Å²) in [5, 5.41) is 12.8. The van der Waals surface area contributed by atoms with E-state index >= 15 is 0 Å². The summed E-state index contributed by atoms with van der Waals surface area (Å²) in [6, 6.07) is 8.12. The van der Waals surface area contributed by atoms with E-state index in [1.807, 2.05) is 0 Å². The van der Waals surface area contributed by atoms with Crippen molar-refractivity contribution < 1.29 is 18.0 Å². The van der Waals surface area contributed by atoms with Gasteiger partial charge in [0.2, 0.25) is 5.91 Å². The molecule has 0 radical (unpaired) electrons. The van der Waals surface area contributed by atoms with E-state index in [9.17, 15) is 23.2 Å². The van der Waals surface area contributed by atoms with Crippen LogP contribution in [0, 0.1) is 17.2 Å². The van der Waals surface area contributed by atoms with Crippen LogP contribution in [-0.4, -0.2) is 41.7 Å². The van der Waals surface area contributed by atoms with Gasteiger partial charge in [0.15, 0.2) is 0 Å². The normalized spacial score (nSPS) is 23.2. The Balaban J connectivity index is 1.58. The molecule has 2 atom stereocenters. The van der Waals surface area contributed by atoms with E-state index in [0.29, 0.717) is 22.2 Å². The van der Waals surface area contributed by atoms with Gasteiger partial charge >= 0.3 is 6.18 Å². The number of alkyl halides is 3. The number of carbonyl (C=O) groups excluding carboxylic acids is 1. The summed E-state index contributed by atoms with van der Waals surface area (Å²) in [4.78, 5) is 18.7. The number of hydrogen-bond acceptors (Lipinski definition) is 5. The summed E-state index contributed by atoms with van der Waals surface area (Å²) >= 11 is 0. The second-order valence-corrected chi connectivity index (χ2v) is 9.39. The van der Waals surface area contributed by atoms with Crippen molar-refractivity contribution in [1.29, 1.82) is 5.26 Å². The minimum absolute atomic E-state index is 0.129. The molecular weight excluding hydrogens is 431 g/mol. The Morgan fingerprint density at radius 1 is 1.24 bits per heavy atom. The van der Waals surface area contributed by atoms with E-state index < -0.39 is 23.7 Å². The van der Waals surface area contributed by atoms with E-state index in [1.54, 1.807) is 35.4 Å². The zero-order chi connectivity index (χ0) is 23.6. The van der Waals surface area contributed by atoms with Crippen LogP contribution in [0.25, 0.3) is 10.9 Å². The highest BCUT2D eigenvalue weighted by Gasteiger charge is 2.45. The topological polar surface area (TPSA) is 95.0 Å². The summed E-state index contributed by atoms with van der Waals surface area (Å²) in [6.07, 6.45) is 1.67. The number of nitrogens with zero attached hydrogens (tertiary/aromatic N) is 3. The molecule has 1 saturated heterocycles. The summed E-state index contributed by atoms with van der Waals surface area (Å²) in [5.74, 6) is -1.88. The third-order valence-corrected chi connectivity index (χ3v) is 6.85. The molecule has 1 saturated carbocycles. The number of halogens is 3. The standard InChI is InChI=1S/C24H28F3N5O/c25-24(26,27)17-11-18(31-21(33)12-23(29)8-2-1-3-9-23)15-32(14-17)20-7-6-16(13-28)22-19(20)5-4-10-30-22/h4-7,10,17-18H,1-3,8-9,11-12,14-15,29H2,(H,31,33)/t17-,18+/m1/s1. The molecule has 2 aromatic rings. The Bertz CT molecular complexity index is 1060. The molecule has 1 amide bonds. The zero-order valence-electron chi connectivity index (χ0n) is 18.4. The van der Waals surface area contributed by atoms with Gasteiger partial charge in [-0.05, 0) is 43.5 Å². The van der Waals surface area contributed by atoms with Crippen LogP contribution in [-0.2, 0) is 4.79 Å². The van der Waals surface area contributed by atoms with Crippen molar-refractivity contribution in [2.45, 2.75) is 62.7 Å². The average molecular weight is 460 g/mol. The van der Waals surface area contributed by atoms with Crippen molar-refractivity contribution in [2.75, 3.05) is 18.0 Å². The predicted molar refractivity (Wildman–Crippen MR) is 119 cm³/mol. The second kappa shape index (κ2) is 9.18. The van der Waals surface area contributed by atoms with Crippen LogP contribution in [0.4, 0.5) is 18.9 Å². The molecule has 0 bridgehead atoms. The third-order valence-electron chi connectivity index (χ3n) is 6.85. The maximum atomic E-state index is 13.8. The third kappa shape index (κ3) is 5.22. The number of piperidine rings is 1. The van der Waals surface area contributed by atoms with Crippen molar-refractivity contribution in [2.24, 2.45) is 11.7 Å². The molecule has 1 aromatic heterocycles. The molecule has 2 fully saturated rings. The number of benzene rings is 1. The molecule has 0 spiro atoms. The lowest BCUT2D eigenvalue weighted by Crippen LogP contribution is -2.55. The number of fused-ring (bicyclic) bond motifs is 1. The van der Waals surface area contributed by atoms with Gasteiger partial charge in [0, 0.05) is 48.4 Å². The first-order valence-corrected chi connectivity index (χ1v) is 11.4. The van der Waals surface area contributed by atoms with E-state index in [-0.39, 0.29) is 31.8 Å². The van der Waals surface area contributed by atoms with Crippen LogP contribution in [0.3, 0.4) is 0 Å². The highest BCUT2D eigenvalue weighted by molar-refractivity contribution is 5.95. The van der Waals surface area contributed by atoms with Gasteiger partial charge in [-0.2, -0.15) is 18.4 Å². The summed E-state index contributed by atoms with van der Waals surface area (Å²) < 4.78 is 41.4. The quantitative estimate of drug-likeness (QED) is 0.720. The Morgan fingerprint density at radius 2 is 2.00 bits per heavy atom. The van der Waals surface area contributed by atoms with Crippen molar-refractivity contribution in [3.63, 3.8) is 0 Å². The van der Waals surface area contributed by atoms with Crippen molar-refractivity contribution in [3.05, 3.63) is 36.0 Å². The van der Waals surface area contributed by atoms with Crippen LogP contribution < -0.4 is 16.0 Å². The number of pyridine rings is 1. The van der Waals surface area contributed by atoms with Crippen LogP contribution >= 0.6 is 0 Å². The number of nitriles is 1. The van der Waals surface area contributed by atoms with Gasteiger partial charge in [0.1, 0.15) is 6.07 Å². The van der Waals surface area contributed by atoms with Gasteiger partial charge in [-0.25, -0.2) is 0 Å². The molecule has 33 heavy (non-hydrogen) atoms. The summed E-state index contributed by atoms with van der Waals surface area (Å²) in [5.41, 5.74) is 7.21. The highest BCUT2D eigenvalue weighted by atomic mass is 19.4. The smallest absolute Gasteiger partial charge is 0.368 e. The monoisotopic (exact) mass is 459 g/mol. The molecule has 0 unspecified atom stereocenters. The lowest BCUT2D eigenvalue weighted by Gasteiger charge is -2.41. The van der Waals surface area contributed by atoms with Gasteiger partial charge in [-0.1, -0.05) is 19.3 Å². The van der Waals surface area contributed by atoms with E-state index in [2.05, 4.69) is 16.4 Å². The fraction of sp³-hybridized carbons (Fsp3) is 0.542. The first-order chi connectivity index (χ1) is 15.7. The fourth-order valence-electron chi connectivity index (χ4n) is 5.19. The van der Waals surface area contributed by atoms with Crippen LogP contribution in [0.15, 0.2) is 30.5 Å². The number of nitrogens with two attached hydrogens (primary N) is 1. The van der Waals surface area contributed by atoms with Crippen molar-refractivity contribution in [1.82, 2.24) is 10.3 Å². The minimum Gasteiger partial charge on any atom is -0.368 e. The van der Waals surface area contributed by atoms with E-state index in [0.717, 1.165) is 32.1 Å². The Morgan fingerprint density at radius 3 is 2.70 bits per heavy atom. The Labute approximate surface area is 190 Å². The van der Waals surface area contributed by atoms with Gasteiger partial charge in [-0.3, -0.25) is 9.78 Å².